The fourth-order valence-electron chi connectivity index (χ4n) is 3.78. The molecule has 11 heteroatoms. The van der Waals surface area contributed by atoms with Crippen molar-refractivity contribution in [3.05, 3.63) is 64.3 Å². The summed E-state index contributed by atoms with van der Waals surface area (Å²) < 4.78 is 5.43. The van der Waals surface area contributed by atoms with E-state index in [-0.39, 0.29) is 12.1 Å². The quantitative estimate of drug-likeness (QED) is 0.263. The SMILES string of the molecule is CC(C)(C)OC(=O)N1CCC(Nc2ccc3cnc(Cl)cc3n2)CC1.Clc1cc2nc(Cl)ccc2cn1. The second-order valence-electron chi connectivity index (χ2n) is 9.62. The summed E-state index contributed by atoms with van der Waals surface area (Å²) in [6.07, 6.45) is 4.86. The summed E-state index contributed by atoms with van der Waals surface area (Å²) in [4.78, 5) is 30.5. The lowest BCUT2D eigenvalue weighted by molar-refractivity contribution is 0.0210. The van der Waals surface area contributed by atoms with Gasteiger partial charge in [-0.3, -0.25) is 0 Å². The van der Waals surface area contributed by atoms with Crippen molar-refractivity contribution in [3.8, 4) is 0 Å². The minimum Gasteiger partial charge on any atom is -0.444 e. The van der Waals surface area contributed by atoms with Crippen LogP contribution in [0.3, 0.4) is 0 Å². The zero-order chi connectivity index (χ0) is 26.6. The smallest absolute Gasteiger partial charge is 0.410 e. The highest BCUT2D eigenvalue weighted by atomic mass is 35.5. The Hall–Kier alpha value is -2.94. The molecule has 0 aromatic carbocycles. The number of rotatable bonds is 2. The van der Waals surface area contributed by atoms with Crippen molar-refractivity contribution >= 4 is 68.5 Å². The van der Waals surface area contributed by atoms with E-state index in [1.54, 1.807) is 35.5 Å². The van der Waals surface area contributed by atoms with E-state index in [0.717, 1.165) is 40.5 Å². The number of anilines is 1. The Morgan fingerprint density at radius 1 is 0.892 bits per heavy atom. The highest BCUT2D eigenvalue weighted by Crippen LogP contribution is 2.21. The van der Waals surface area contributed by atoms with Crippen LogP contribution in [0.2, 0.25) is 15.5 Å². The molecule has 37 heavy (non-hydrogen) atoms. The minimum absolute atomic E-state index is 0.239. The van der Waals surface area contributed by atoms with E-state index in [4.69, 9.17) is 39.5 Å². The fraction of sp³-hybridized carbons (Fsp3) is 0.346. The van der Waals surface area contributed by atoms with Crippen LogP contribution in [-0.4, -0.2) is 55.7 Å². The molecule has 5 rings (SSSR count). The lowest BCUT2D eigenvalue weighted by atomic mass is 10.1. The largest absolute Gasteiger partial charge is 0.444 e. The summed E-state index contributed by atoms with van der Waals surface area (Å²) >= 11 is 17.3. The maximum Gasteiger partial charge on any atom is 0.410 e. The second-order valence-corrected chi connectivity index (χ2v) is 10.8. The van der Waals surface area contributed by atoms with Crippen molar-refractivity contribution in [2.45, 2.75) is 45.3 Å². The van der Waals surface area contributed by atoms with E-state index < -0.39 is 5.60 Å². The Balaban J connectivity index is 0.000000222. The van der Waals surface area contributed by atoms with Gasteiger partial charge in [-0.2, -0.15) is 0 Å². The number of hydrogen-bond donors (Lipinski definition) is 1. The number of piperidine rings is 1. The van der Waals surface area contributed by atoms with Gasteiger partial charge in [0.05, 0.1) is 11.0 Å². The monoisotopic (exact) mass is 560 g/mol. The van der Waals surface area contributed by atoms with Crippen LogP contribution >= 0.6 is 34.8 Å². The summed E-state index contributed by atoms with van der Waals surface area (Å²) in [7, 11) is 0. The maximum atomic E-state index is 12.1. The van der Waals surface area contributed by atoms with Crippen LogP contribution in [0, 0.1) is 0 Å². The van der Waals surface area contributed by atoms with Crippen LogP contribution in [-0.2, 0) is 4.74 Å². The lowest BCUT2D eigenvalue weighted by Gasteiger charge is -2.33. The molecule has 1 amide bonds. The summed E-state index contributed by atoms with van der Waals surface area (Å²) in [5.74, 6) is 0.811. The van der Waals surface area contributed by atoms with Gasteiger partial charge >= 0.3 is 6.09 Å². The Bertz CT molecular complexity index is 1370. The molecule has 1 N–H and O–H groups in total. The highest BCUT2D eigenvalue weighted by Gasteiger charge is 2.26. The van der Waals surface area contributed by atoms with Gasteiger partial charge in [0.2, 0.25) is 0 Å². The van der Waals surface area contributed by atoms with Crippen molar-refractivity contribution in [2.75, 3.05) is 18.4 Å². The molecule has 1 aliphatic rings. The summed E-state index contributed by atoms with van der Waals surface area (Å²) in [6, 6.07) is 11.2. The number of aromatic nitrogens is 4. The second kappa shape index (κ2) is 11.6. The van der Waals surface area contributed by atoms with Crippen LogP contribution in [0.1, 0.15) is 33.6 Å². The molecule has 0 spiro atoms. The number of pyridine rings is 4. The Labute approximate surface area is 230 Å². The number of fused-ring (bicyclic) bond motifs is 2. The van der Waals surface area contributed by atoms with Crippen molar-refractivity contribution in [1.82, 2.24) is 24.8 Å². The van der Waals surface area contributed by atoms with Crippen molar-refractivity contribution in [1.29, 1.82) is 0 Å². The normalized spacial score (nSPS) is 14.3. The third-order valence-corrected chi connectivity index (χ3v) is 6.17. The van der Waals surface area contributed by atoms with Crippen LogP contribution in [0.5, 0.6) is 0 Å². The Kier molecular flexibility index (Phi) is 8.52. The lowest BCUT2D eigenvalue weighted by Crippen LogP contribution is -2.44. The van der Waals surface area contributed by atoms with E-state index in [1.165, 1.54) is 0 Å². The van der Waals surface area contributed by atoms with Gasteiger partial charge in [-0.05, 0) is 57.9 Å². The summed E-state index contributed by atoms with van der Waals surface area (Å²) in [5, 5.41) is 6.66. The number of carbonyl (C=O) groups excluding carboxylic acids is 1. The van der Waals surface area contributed by atoms with Crippen molar-refractivity contribution < 1.29 is 9.53 Å². The highest BCUT2D eigenvalue weighted by molar-refractivity contribution is 6.31. The van der Waals surface area contributed by atoms with Gasteiger partial charge < -0.3 is 15.0 Å². The molecule has 0 bridgehead atoms. The molecule has 0 atom stereocenters. The number of halogens is 3. The van der Waals surface area contributed by atoms with Gasteiger partial charge in [-0.15, -0.1) is 0 Å². The molecule has 0 radical (unpaired) electrons. The van der Waals surface area contributed by atoms with Gasteiger partial charge in [-0.1, -0.05) is 34.8 Å². The molecular formula is C26H27Cl3N6O2. The number of nitrogens with one attached hydrogen (secondary N) is 1. The average molecular weight is 562 g/mol. The molecule has 0 saturated carbocycles. The first-order chi connectivity index (χ1) is 17.6. The Morgan fingerprint density at radius 3 is 2.05 bits per heavy atom. The van der Waals surface area contributed by atoms with Gasteiger partial charge in [-0.25, -0.2) is 24.7 Å². The molecular weight excluding hydrogens is 535 g/mol. The first-order valence-corrected chi connectivity index (χ1v) is 12.9. The van der Waals surface area contributed by atoms with Crippen LogP contribution < -0.4 is 5.32 Å². The molecule has 1 saturated heterocycles. The molecule has 0 unspecified atom stereocenters. The first-order valence-electron chi connectivity index (χ1n) is 11.8. The topological polar surface area (TPSA) is 93.1 Å². The van der Waals surface area contributed by atoms with Gasteiger partial charge in [0, 0.05) is 54.4 Å². The fourth-order valence-corrected chi connectivity index (χ4v) is 4.24. The van der Waals surface area contributed by atoms with Gasteiger partial charge in [0.15, 0.2) is 0 Å². The number of nitrogens with zero attached hydrogens (tertiary/aromatic N) is 5. The average Bonchev–Trinajstić information content (AvgIpc) is 2.83. The predicted molar refractivity (Wildman–Crippen MR) is 149 cm³/mol. The predicted octanol–water partition coefficient (Wildman–Crippen LogP) is 7.03. The van der Waals surface area contributed by atoms with Gasteiger partial charge in [0.1, 0.15) is 26.9 Å². The number of hydrogen-bond acceptors (Lipinski definition) is 7. The third kappa shape index (κ3) is 7.77. The van der Waals surface area contributed by atoms with Crippen molar-refractivity contribution in [3.63, 3.8) is 0 Å². The van der Waals surface area contributed by atoms with Crippen LogP contribution in [0.4, 0.5) is 10.6 Å². The molecule has 4 aromatic heterocycles. The summed E-state index contributed by atoms with van der Waals surface area (Å²) in [5.41, 5.74) is 1.12. The number of amides is 1. The van der Waals surface area contributed by atoms with E-state index in [0.29, 0.717) is 28.5 Å². The molecule has 194 valence electrons. The summed E-state index contributed by atoms with van der Waals surface area (Å²) in [6.45, 7) is 7.00. The van der Waals surface area contributed by atoms with E-state index >= 15 is 0 Å². The molecule has 4 aromatic rings. The molecule has 1 aliphatic heterocycles. The first kappa shape index (κ1) is 27.1. The molecule has 0 aliphatic carbocycles. The van der Waals surface area contributed by atoms with E-state index in [2.05, 4.69) is 25.3 Å². The van der Waals surface area contributed by atoms with E-state index in [9.17, 15) is 4.79 Å². The van der Waals surface area contributed by atoms with E-state index in [1.807, 2.05) is 39.0 Å². The zero-order valence-corrected chi connectivity index (χ0v) is 23.0. The number of ether oxygens (including phenoxy) is 1. The van der Waals surface area contributed by atoms with Crippen LogP contribution in [0.15, 0.2) is 48.8 Å². The molecule has 5 heterocycles. The van der Waals surface area contributed by atoms with Crippen LogP contribution in [0.25, 0.3) is 21.8 Å². The maximum absolute atomic E-state index is 12.1. The molecule has 8 nitrogen and oxygen atoms in total. The number of likely N-dealkylation sites (tertiary alicyclic amines) is 1. The molecule has 1 fully saturated rings. The number of carbonyl (C=O) groups is 1. The van der Waals surface area contributed by atoms with Crippen molar-refractivity contribution in [2.24, 2.45) is 0 Å². The third-order valence-electron chi connectivity index (χ3n) is 5.55. The minimum atomic E-state index is -0.461. The Morgan fingerprint density at radius 2 is 1.46 bits per heavy atom. The van der Waals surface area contributed by atoms with Gasteiger partial charge in [0.25, 0.3) is 0 Å². The zero-order valence-electron chi connectivity index (χ0n) is 20.7. The standard InChI is InChI=1S/C18H23ClN4O2.C8H4Cl2N2/c1-18(2,3)25-17(24)23-8-6-13(7-9-23)21-16-5-4-12-11-20-15(19)10-14(12)22-16;9-7-2-1-5-4-11-8(10)3-6(5)12-7/h4-5,10-11,13H,6-9H2,1-3H3,(H,21,22);1-4H.